The largest absolute Gasteiger partial charge is 0.379 e. The molecule has 0 aliphatic carbocycles. The highest BCUT2D eigenvalue weighted by atomic mass is 32.2. The third-order valence-corrected chi connectivity index (χ3v) is 9.88. The van der Waals surface area contributed by atoms with Crippen molar-refractivity contribution >= 4 is 40.6 Å². The molecule has 13 heteroatoms. The summed E-state index contributed by atoms with van der Waals surface area (Å²) >= 11 is 0. The van der Waals surface area contributed by atoms with Crippen molar-refractivity contribution in [2.75, 3.05) is 57.6 Å². The van der Waals surface area contributed by atoms with Crippen molar-refractivity contribution in [2.45, 2.75) is 56.6 Å². The first-order chi connectivity index (χ1) is 17.8. The fourth-order valence-corrected chi connectivity index (χ4v) is 6.14. The number of rotatable bonds is 10. The summed E-state index contributed by atoms with van der Waals surface area (Å²) in [5.74, 6) is -0.0205. The quantitative estimate of drug-likeness (QED) is 0.345. The lowest BCUT2D eigenvalue weighted by Crippen LogP contribution is -2.50. The maximum absolute atomic E-state index is 14.5. The SMILES string of the molecule is CC(C)C(=O)N1CCN(c2cc(S(N)(=O)=O)cc3c2c(C2(CF)COC2)nn3COCC[Si](C)(C)C)CC1. The van der Waals surface area contributed by atoms with Crippen molar-refractivity contribution in [3.63, 3.8) is 0 Å². The highest BCUT2D eigenvalue weighted by molar-refractivity contribution is 7.89. The number of primary sulfonamides is 1. The van der Waals surface area contributed by atoms with Crippen LogP contribution in [0.5, 0.6) is 0 Å². The minimum atomic E-state index is -4.04. The van der Waals surface area contributed by atoms with Crippen LogP contribution in [0, 0.1) is 5.92 Å². The van der Waals surface area contributed by atoms with Gasteiger partial charge in [0.15, 0.2) is 0 Å². The van der Waals surface area contributed by atoms with Crippen molar-refractivity contribution in [3.05, 3.63) is 17.8 Å². The Morgan fingerprint density at radius 1 is 1.21 bits per heavy atom. The van der Waals surface area contributed by atoms with Gasteiger partial charge in [-0.05, 0) is 18.2 Å². The lowest BCUT2D eigenvalue weighted by Gasteiger charge is -2.39. The molecule has 1 amide bonds. The van der Waals surface area contributed by atoms with Crippen LogP contribution in [0.1, 0.15) is 19.5 Å². The number of hydrogen-bond acceptors (Lipinski definition) is 7. The molecule has 0 unspecified atom stereocenters. The van der Waals surface area contributed by atoms with Crippen molar-refractivity contribution in [1.82, 2.24) is 14.7 Å². The number of halogens is 1. The molecule has 212 valence electrons. The molecule has 2 N–H and O–H groups in total. The van der Waals surface area contributed by atoms with Gasteiger partial charge in [-0.2, -0.15) is 5.10 Å². The highest BCUT2D eigenvalue weighted by Gasteiger charge is 2.45. The molecule has 0 bridgehead atoms. The Morgan fingerprint density at radius 2 is 1.87 bits per heavy atom. The zero-order valence-electron chi connectivity index (χ0n) is 23.0. The van der Waals surface area contributed by atoms with Crippen LogP contribution in [0.2, 0.25) is 25.7 Å². The van der Waals surface area contributed by atoms with Crippen molar-refractivity contribution in [2.24, 2.45) is 11.1 Å². The average molecular weight is 570 g/mol. The summed E-state index contributed by atoms with van der Waals surface area (Å²) in [4.78, 5) is 16.3. The van der Waals surface area contributed by atoms with Gasteiger partial charge >= 0.3 is 0 Å². The summed E-state index contributed by atoms with van der Waals surface area (Å²) in [6, 6.07) is 4.01. The molecular formula is C25H40FN5O5SSi. The van der Waals surface area contributed by atoms with Crippen LogP contribution in [0.3, 0.4) is 0 Å². The Hall–Kier alpha value is -2.06. The van der Waals surface area contributed by atoms with Crippen LogP contribution in [-0.4, -0.2) is 89.8 Å². The first-order valence-electron chi connectivity index (χ1n) is 13.1. The van der Waals surface area contributed by atoms with E-state index < -0.39 is 30.2 Å². The summed E-state index contributed by atoms with van der Waals surface area (Å²) < 4.78 is 52.5. The first kappa shape index (κ1) is 28.9. The highest BCUT2D eigenvalue weighted by Crippen LogP contribution is 2.42. The van der Waals surface area contributed by atoms with E-state index in [4.69, 9.17) is 19.7 Å². The number of nitrogens with zero attached hydrogens (tertiary/aromatic N) is 4. The minimum absolute atomic E-state index is 0.0466. The fourth-order valence-electron chi connectivity index (χ4n) is 4.83. The van der Waals surface area contributed by atoms with E-state index in [0.29, 0.717) is 55.1 Å². The predicted molar refractivity (Wildman–Crippen MR) is 147 cm³/mol. The standard InChI is InChI=1S/C25H40FN5O5SSi/c1-18(2)24(32)30-8-6-29(7-9-30)20-12-19(37(27,33)34)13-21-22(20)23(25(14-26)15-36-16-25)28-31(21)17-35-10-11-38(3,4)5/h12-13,18H,6-11,14-17H2,1-5H3,(H2,27,33,34). The van der Waals surface area contributed by atoms with E-state index in [0.717, 1.165) is 6.04 Å². The van der Waals surface area contributed by atoms with E-state index in [1.165, 1.54) is 6.07 Å². The van der Waals surface area contributed by atoms with Gasteiger partial charge in [-0.15, -0.1) is 0 Å². The normalized spacial score (nSPS) is 18.3. The molecule has 10 nitrogen and oxygen atoms in total. The summed E-state index contributed by atoms with van der Waals surface area (Å²) in [5, 5.41) is 11.0. The molecule has 2 fully saturated rings. The number of anilines is 1. The number of fused-ring (bicyclic) bond motifs is 1. The van der Waals surface area contributed by atoms with Gasteiger partial charge in [0.1, 0.15) is 13.4 Å². The van der Waals surface area contributed by atoms with Crippen LogP contribution in [-0.2, 0) is 36.4 Å². The summed E-state index contributed by atoms with van der Waals surface area (Å²) in [7, 11) is -5.36. The number of carbonyl (C=O) groups excluding carboxylic acids is 1. The van der Waals surface area contributed by atoms with Crippen LogP contribution in [0.15, 0.2) is 17.0 Å². The van der Waals surface area contributed by atoms with Gasteiger partial charge in [-0.25, -0.2) is 22.6 Å². The number of sulfonamides is 1. The molecule has 2 aliphatic rings. The molecule has 38 heavy (non-hydrogen) atoms. The maximum atomic E-state index is 14.5. The number of nitrogens with two attached hydrogens (primary N) is 1. The van der Waals surface area contributed by atoms with Gasteiger partial charge in [0.2, 0.25) is 15.9 Å². The monoisotopic (exact) mass is 569 g/mol. The topological polar surface area (TPSA) is 120 Å². The van der Waals surface area contributed by atoms with Crippen LogP contribution in [0.4, 0.5) is 10.1 Å². The first-order valence-corrected chi connectivity index (χ1v) is 18.3. The molecule has 2 saturated heterocycles. The summed E-state index contributed by atoms with van der Waals surface area (Å²) in [5.41, 5.74) is 0.766. The number of alkyl halides is 1. The third-order valence-electron chi connectivity index (χ3n) is 7.29. The van der Waals surface area contributed by atoms with Gasteiger partial charge in [0.25, 0.3) is 0 Å². The Bertz CT molecular complexity index is 1280. The van der Waals surface area contributed by atoms with E-state index in [-0.39, 0.29) is 36.7 Å². The number of hydrogen-bond donors (Lipinski definition) is 1. The van der Waals surface area contributed by atoms with Gasteiger partial charge in [-0.3, -0.25) is 4.79 Å². The number of piperazine rings is 1. The van der Waals surface area contributed by atoms with Crippen LogP contribution in [0.25, 0.3) is 10.9 Å². The molecule has 0 radical (unpaired) electrons. The van der Waals surface area contributed by atoms with Crippen molar-refractivity contribution in [3.8, 4) is 0 Å². The molecule has 0 atom stereocenters. The van der Waals surface area contributed by atoms with Gasteiger partial charge in [0.05, 0.1) is 34.7 Å². The van der Waals surface area contributed by atoms with E-state index in [9.17, 15) is 17.6 Å². The maximum Gasteiger partial charge on any atom is 0.238 e. The molecule has 1 aromatic carbocycles. The Morgan fingerprint density at radius 3 is 2.37 bits per heavy atom. The number of aromatic nitrogens is 2. The van der Waals surface area contributed by atoms with E-state index in [1.54, 1.807) is 10.7 Å². The second-order valence-corrected chi connectivity index (χ2v) is 19.1. The minimum Gasteiger partial charge on any atom is -0.379 e. The lowest BCUT2D eigenvalue weighted by molar-refractivity contribution is -0.134. The molecule has 3 heterocycles. The Kier molecular flexibility index (Phi) is 8.25. The second kappa shape index (κ2) is 10.8. The molecule has 2 aliphatic heterocycles. The Labute approximate surface area is 225 Å². The zero-order chi connectivity index (χ0) is 27.9. The number of carbonyl (C=O) groups is 1. The molecule has 2 aromatic rings. The molecular weight excluding hydrogens is 529 g/mol. The molecule has 0 spiro atoms. The zero-order valence-corrected chi connectivity index (χ0v) is 24.8. The van der Waals surface area contributed by atoms with Crippen molar-refractivity contribution < 1.29 is 27.1 Å². The lowest BCUT2D eigenvalue weighted by atomic mass is 9.82. The second-order valence-electron chi connectivity index (χ2n) is 12.0. The number of ether oxygens (including phenoxy) is 2. The fraction of sp³-hybridized carbons (Fsp3) is 0.680. The van der Waals surface area contributed by atoms with E-state index in [2.05, 4.69) is 19.6 Å². The van der Waals surface area contributed by atoms with Crippen LogP contribution >= 0.6 is 0 Å². The average Bonchev–Trinajstić information content (AvgIpc) is 3.18. The summed E-state index contributed by atoms with van der Waals surface area (Å²) in [6.45, 7) is 12.9. The van der Waals surface area contributed by atoms with E-state index >= 15 is 0 Å². The third kappa shape index (κ3) is 5.91. The van der Waals surface area contributed by atoms with Gasteiger partial charge < -0.3 is 19.3 Å². The molecule has 0 saturated carbocycles. The molecule has 4 rings (SSSR count). The number of amides is 1. The van der Waals surface area contributed by atoms with Crippen LogP contribution < -0.4 is 10.0 Å². The molecule has 1 aromatic heterocycles. The predicted octanol–water partition coefficient (Wildman–Crippen LogP) is 2.54. The van der Waals surface area contributed by atoms with Gasteiger partial charge in [0, 0.05) is 57.9 Å². The number of benzene rings is 1. The van der Waals surface area contributed by atoms with E-state index in [1.807, 2.05) is 23.6 Å². The Balaban J connectivity index is 1.79. The smallest absolute Gasteiger partial charge is 0.238 e. The summed E-state index contributed by atoms with van der Waals surface area (Å²) in [6.07, 6.45) is 0. The van der Waals surface area contributed by atoms with Crippen molar-refractivity contribution in [1.29, 1.82) is 0 Å². The van der Waals surface area contributed by atoms with Gasteiger partial charge in [-0.1, -0.05) is 33.5 Å².